The third-order valence-electron chi connectivity index (χ3n) is 3.53. The first-order valence-electron chi connectivity index (χ1n) is 6.59. The summed E-state index contributed by atoms with van der Waals surface area (Å²) in [5.41, 5.74) is 5.84. The Morgan fingerprint density at radius 2 is 2.00 bits per heavy atom. The summed E-state index contributed by atoms with van der Waals surface area (Å²) in [5.74, 6) is -1.66. The second-order valence-electron chi connectivity index (χ2n) is 5.57. The van der Waals surface area contributed by atoms with E-state index >= 15 is 0 Å². The van der Waals surface area contributed by atoms with Crippen molar-refractivity contribution in [2.75, 3.05) is 18.1 Å². The Morgan fingerprint density at radius 3 is 2.50 bits per heavy atom. The van der Waals surface area contributed by atoms with Crippen LogP contribution in [0.1, 0.15) is 26.7 Å². The van der Waals surface area contributed by atoms with Crippen LogP contribution < -0.4 is 5.73 Å². The lowest BCUT2D eigenvalue weighted by Crippen LogP contribution is -2.53. The molecule has 0 aromatic carbocycles. The predicted molar refractivity (Wildman–Crippen MR) is 73.8 cm³/mol. The molecule has 1 amide bonds. The number of hydrogen-bond donors (Lipinski definition) is 2. The zero-order valence-corrected chi connectivity index (χ0v) is 12.6. The van der Waals surface area contributed by atoms with Crippen LogP contribution in [0.15, 0.2) is 0 Å². The lowest BCUT2D eigenvalue weighted by Gasteiger charge is -2.35. The molecule has 3 N–H and O–H groups in total. The zero-order chi connectivity index (χ0) is 15.5. The molecule has 0 aromatic rings. The van der Waals surface area contributed by atoms with Gasteiger partial charge < -0.3 is 15.7 Å². The van der Waals surface area contributed by atoms with Crippen LogP contribution in [0.5, 0.6) is 0 Å². The fourth-order valence-corrected chi connectivity index (χ4v) is 3.67. The molecule has 1 aliphatic heterocycles. The van der Waals surface area contributed by atoms with E-state index in [9.17, 15) is 18.0 Å². The number of carbonyl (C=O) groups excluding carboxylic acids is 1. The molecule has 0 saturated carbocycles. The second kappa shape index (κ2) is 6.53. The van der Waals surface area contributed by atoms with Gasteiger partial charge in [-0.1, -0.05) is 13.8 Å². The summed E-state index contributed by atoms with van der Waals surface area (Å²) in [4.78, 5) is 24.4. The van der Waals surface area contributed by atoms with Crippen molar-refractivity contribution in [2.45, 2.75) is 38.8 Å². The van der Waals surface area contributed by atoms with Crippen LogP contribution in [0, 0.1) is 5.92 Å². The minimum atomic E-state index is -3.28. The Kier molecular flexibility index (Phi) is 5.52. The summed E-state index contributed by atoms with van der Waals surface area (Å²) in [5, 5.41) is 8.85. The Hall–Kier alpha value is -1.15. The van der Waals surface area contributed by atoms with Gasteiger partial charge in [-0.2, -0.15) is 0 Å². The first kappa shape index (κ1) is 16.9. The largest absolute Gasteiger partial charge is 0.481 e. The van der Waals surface area contributed by atoms with E-state index < -0.39 is 21.8 Å². The third-order valence-corrected chi connectivity index (χ3v) is 5.22. The minimum Gasteiger partial charge on any atom is -0.481 e. The van der Waals surface area contributed by atoms with Gasteiger partial charge in [-0.25, -0.2) is 8.42 Å². The number of carbonyl (C=O) groups is 2. The highest BCUT2D eigenvalue weighted by molar-refractivity contribution is 7.91. The topological polar surface area (TPSA) is 118 Å². The first-order valence-corrected chi connectivity index (χ1v) is 8.42. The van der Waals surface area contributed by atoms with Crippen molar-refractivity contribution in [3.63, 3.8) is 0 Å². The first-order chi connectivity index (χ1) is 9.12. The Bertz CT molecular complexity index is 474. The number of carboxylic acid groups (broad SMARTS) is 1. The van der Waals surface area contributed by atoms with Crippen molar-refractivity contribution in [1.82, 2.24) is 4.90 Å². The molecule has 1 fully saturated rings. The Labute approximate surface area is 119 Å². The lowest BCUT2D eigenvalue weighted by molar-refractivity contribution is -0.140. The van der Waals surface area contributed by atoms with E-state index in [1.54, 1.807) is 0 Å². The minimum absolute atomic E-state index is 0.0456. The molecule has 0 bridgehead atoms. The molecule has 1 heterocycles. The molecule has 0 spiro atoms. The van der Waals surface area contributed by atoms with E-state index in [2.05, 4.69) is 0 Å². The maximum Gasteiger partial charge on any atom is 0.305 e. The fourth-order valence-electron chi connectivity index (χ4n) is 2.14. The van der Waals surface area contributed by atoms with E-state index in [1.807, 2.05) is 13.8 Å². The van der Waals surface area contributed by atoms with E-state index in [0.717, 1.165) is 0 Å². The van der Waals surface area contributed by atoms with Crippen molar-refractivity contribution in [3.8, 4) is 0 Å². The van der Waals surface area contributed by atoms with E-state index in [-0.39, 0.29) is 48.8 Å². The van der Waals surface area contributed by atoms with Gasteiger partial charge in [0.25, 0.3) is 0 Å². The van der Waals surface area contributed by atoms with Crippen molar-refractivity contribution in [3.05, 3.63) is 0 Å². The smallest absolute Gasteiger partial charge is 0.305 e. The monoisotopic (exact) mass is 306 g/mol. The van der Waals surface area contributed by atoms with E-state index in [4.69, 9.17) is 10.8 Å². The summed E-state index contributed by atoms with van der Waals surface area (Å²) >= 11 is 0. The van der Waals surface area contributed by atoms with Crippen LogP contribution in [-0.2, 0) is 19.4 Å². The molecule has 2 atom stereocenters. The van der Waals surface area contributed by atoms with Crippen LogP contribution in [0.4, 0.5) is 0 Å². The van der Waals surface area contributed by atoms with Gasteiger partial charge in [0.2, 0.25) is 5.91 Å². The molecule has 7 nitrogen and oxygen atoms in total. The maximum absolute atomic E-state index is 12.2. The number of amides is 1. The van der Waals surface area contributed by atoms with Gasteiger partial charge in [-0.15, -0.1) is 0 Å². The van der Waals surface area contributed by atoms with Gasteiger partial charge in [-0.05, 0) is 5.92 Å². The van der Waals surface area contributed by atoms with Crippen LogP contribution in [0.2, 0.25) is 0 Å². The van der Waals surface area contributed by atoms with E-state index in [0.29, 0.717) is 0 Å². The standard InChI is InChI=1S/C12H22N2O5S/c1-8(2)10(13)6-11(15)14-3-4-20(18,19)7-9(14)5-12(16)17/h8-10H,3-7,13H2,1-2H3,(H,16,17). The van der Waals surface area contributed by atoms with Crippen molar-refractivity contribution < 1.29 is 23.1 Å². The second-order valence-corrected chi connectivity index (χ2v) is 7.79. The number of nitrogens with two attached hydrogens (primary N) is 1. The van der Waals surface area contributed by atoms with Crippen molar-refractivity contribution >= 4 is 21.7 Å². The highest BCUT2D eigenvalue weighted by atomic mass is 32.2. The SMILES string of the molecule is CC(C)C(N)CC(=O)N1CCS(=O)(=O)CC1CC(=O)O. The van der Waals surface area contributed by atoms with Crippen LogP contribution in [-0.4, -0.2) is 60.4 Å². The van der Waals surface area contributed by atoms with Crippen LogP contribution in [0.3, 0.4) is 0 Å². The summed E-state index contributed by atoms with van der Waals surface area (Å²) < 4.78 is 23.2. The summed E-state index contributed by atoms with van der Waals surface area (Å²) in [6.07, 6.45) is -0.254. The number of nitrogens with zero attached hydrogens (tertiary/aromatic N) is 1. The number of sulfone groups is 1. The predicted octanol–water partition coefficient (Wildman–Crippen LogP) is -0.540. The third kappa shape index (κ3) is 4.75. The molecule has 0 aliphatic carbocycles. The van der Waals surface area contributed by atoms with Gasteiger partial charge in [-0.3, -0.25) is 9.59 Å². The van der Waals surface area contributed by atoms with Gasteiger partial charge in [0, 0.05) is 19.0 Å². The molecule has 20 heavy (non-hydrogen) atoms. The van der Waals surface area contributed by atoms with Crippen LogP contribution in [0.25, 0.3) is 0 Å². The lowest BCUT2D eigenvalue weighted by atomic mass is 10.0. The summed E-state index contributed by atoms with van der Waals surface area (Å²) in [6, 6.07) is -1.11. The average molecular weight is 306 g/mol. The summed E-state index contributed by atoms with van der Waals surface area (Å²) in [6.45, 7) is 3.84. The van der Waals surface area contributed by atoms with Gasteiger partial charge in [0.1, 0.15) is 0 Å². The number of hydrogen-bond acceptors (Lipinski definition) is 5. The summed E-state index contributed by atoms with van der Waals surface area (Å²) in [7, 11) is -3.28. The molecule has 1 saturated heterocycles. The quantitative estimate of drug-likeness (QED) is 0.704. The normalized spacial score (nSPS) is 23.6. The van der Waals surface area contributed by atoms with Crippen LogP contribution >= 0.6 is 0 Å². The highest BCUT2D eigenvalue weighted by Gasteiger charge is 2.35. The average Bonchev–Trinajstić information content (AvgIpc) is 2.26. The molecule has 8 heteroatoms. The molecule has 0 radical (unpaired) electrons. The molecule has 1 rings (SSSR count). The van der Waals surface area contributed by atoms with Crippen molar-refractivity contribution in [2.24, 2.45) is 11.7 Å². The van der Waals surface area contributed by atoms with E-state index in [1.165, 1.54) is 4.90 Å². The molecule has 2 unspecified atom stereocenters. The van der Waals surface area contributed by atoms with Gasteiger partial charge in [0.15, 0.2) is 9.84 Å². The molecule has 0 aromatic heterocycles. The van der Waals surface area contributed by atoms with Gasteiger partial charge in [0.05, 0.1) is 24.0 Å². The Morgan fingerprint density at radius 1 is 1.40 bits per heavy atom. The molecule has 116 valence electrons. The maximum atomic E-state index is 12.2. The fraction of sp³-hybridized carbons (Fsp3) is 0.833. The Balaban J connectivity index is 2.79. The number of carboxylic acids is 1. The highest BCUT2D eigenvalue weighted by Crippen LogP contribution is 2.17. The number of rotatable bonds is 5. The number of aliphatic carboxylic acids is 1. The molecular formula is C12H22N2O5S. The van der Waals surface area contributed by atoms with Gasteiger partial charge >= 0.3 is 5.97 Å². The van der Waals surface area contributed by atoms with Crippen molar-refractivity contribution in [1.29, 1.82) is 0 Å². The molecular weight excluding hydrogens is 284 g/mol. The molecule has 1 aliphatic rings. The zero-order valence-electron chi connectivity index (χ0n) is 11.8.